The van der Waals surface area contributed by atoms with Crippen molar-refractivity contribution in [2.75, 3.05) is 14.2 Å². The Morgan fingerprint density at radius 2 is 1.62 bits per heavy atom. The van der Waals surface area contributed by atoms with Crippen molar-refractivity contribution in [2.24, 2.45) is 5.92 Å². The van der Waals surface area contributed by atoms with E-state index < -0.39 is 0 Å². The van der Waals surface area contributed by atoms with Crippen molar-refractivity contribution in [3.05, 3.63) is 17.7 Å². The first-order chi connectivity index (χ1) is 9.97. The van der Waals surface area contributed by atoms with Gasteiger partial charge in [-0.3, -0.25) is 0 Å². The fraction of sp³-hybridized carbons (Fsp3) is 0.647. The average Bonchev–Trinajstić information content (AvgIpc) is 2.45. The van der Waals surface area contributed by atoms with E-state index in [1.165, 1.54) is 19.3 Å². The van der Waals surface area contributed by atoms with Gasteiger partial charge in [0.05, 0.1) is 14.2 Å². The topological polar surface area (TPSA) is 50.7 Å². The Morgan fingerprint density at radius 1 is 1.05 bits per heavy atom. The highest BCUT2D eigenvalue weighted by atomic mass is 16.5. The highest BCUT2D eigenvalue weighted by Gasteiger charge is 2.11. The average molecular weight is 295 g/mol. The summed E-state index contributed by atoms with van der Waals surface area (Å²) >= 11 is 0. The molecule has 1 rings (SSSR count). The molecule has 1 unspecified atom stereocenters. The Hall–Kier alpha value is -1.42. The van der Waals surface area contributed by atoms with E-state index in [1.807, 2.05) is 12.1 Å². The molecule has 1 atom stereocenters. The Balaban J connectivity index is 2.54. The van der Waals surface area contributed by atoms with Gasteiger partial charge in [-0.15, -0.1) is 0 Å². The summed E-state index contributed by atoms with van der Waals surface area (Å²) in [5.74, 6) is 1.70. The van der Waals surface area contributed by atoms with Crippen LogP contribution in [-0.4, -0.2) is 25.4 Å². The molecule has 21 heavy (non-hydrogen) atoms. The molecule has 0 saturated carbocycles. The second kappa shape index (κ2) is 8.78. The molecule has 1 aromatic rings. The Kier molecular flexibility index (Phi) is 7.37. The second-order valence-corrected chi connectivity index (χ2v) is 5.96. The predicted octanol–water partition coefficient (Wildman–Crippen LogP) is 3.71. The Morgan fingerprint density at radius 3 is 2.10 bits per heavy atom. The first-order valence-corrected chi connectivity index (χ1v) is 7.65. The monoisotopic (exact) mass is 295 g/mol. The summed E-state index contributed by atoms with van der Waals surface area (Å²) in [5.41, 5.74) is 1.04. The lowest BCUT2D eigenvalue weighted by atomic mass is 10.0. The van der Waals surface area contributed by atoms with E-state index >= 15 is 0 Å². The summed E-state index contributed by atoms with van der Waals surface area (Å²) in [4.78, 5) is 0. The molecule has 0 spiro atoms. The van der Waals surface area contributed by atoms with Gasteiger partial charge in [0, 0.05) is 12.6 Å². The normalized spacial score (nSPS) is 12.5. The van der Waals surface area contributed by atoms with Gasteiger partial charge in [-0.05, 0) is 37.0 Å². The molecule has 0 amide bonds. The van der Waals surface area contributed by atoms with Crippen molar-refractivity contribution in [1.29, 1.82) is 0 Å². The third kappa shape index (κ3) is 5.84. The molecule has 0 aromatic heterocycles. The zero-order chi connectivity index (χ0) is 15.8. The standard InChI is InChI=1S/C17H29NO3/c1-12(2)7-6-8-13(3)18-11-14-9-15(20-4)17(19)16(10-14)21-5/h9-10,12-13,18-19H,6-8,11H2,1-5H3. The lowest BCUT2D eigenvalue weighted by molar-refractivity contribution is 0.338. The van der Waals surface area contributed by atoms with Crippen LogP contribution in [0.4, 0.5) is 0 Å². The van der Waals surface area contributed by atoms with E-state index in [4.69, 9.17) is 9.47 Å². The highest BCUT2D eigenvalue weighted by molar-refractivity contribution is 5.52. The Bertz CT molecular complexity index is 407. The lowest BCUT2D eigenvalue weighted by Crippen LogP contribution is -2.25. The van der Waals surface area contributed by atoms with Crippen molar-refractivity contribution >= 4 is 0 Å². The maximum Gasteiger partial charge on any atom is 0.200 e. The van der Waals surface area contributed by atoms with Crippen LogP contribution in [0.5, 0.6) is 17.2 Å². The molecule has 0 fully saturated rings. The number of hydrogen-bond acceptors (Lipinski definition) is 4. The van der Waals surface area contributed by atoms with Gasteiger partial charge in [0.15, 0.2) is 11.5 Å². The van der Waals surface area contributed by atoms with Gasteiger partial charge in [0.25, 0.3) is 0 Å². The van der Waals surface area contributed by atoms with Crippen molar-refractivity contribution in [3.63, 3.8) is 0 Å². The lowest BCUT2D eigenvalue weighted by Gasteiger charge is -2.16. The number of nitrogens with one attached hydrogen (secondary N) is 1. The Labute approximate surface area is 128 Å². The fourth-order valence-corrected chi connectivity index (χ4v) is 2.28. The van der Waals surface area contributed by atoms with Crippen LogP contribution in [0, 0.1) is 5.92 Å². The number of aromatic hydroxyl groups is 1. The van der Waals surface area contributed by atoms with E-state index in [0.29, 0.717) is 17.5 Å². The van der Waals surface area contributed by atoms with Crippen LogP contribution in [0.2, 0.25) is 0 Å². The number of phenolic OH excluding ortho intramolecular Hbond substituents is 1. The van der Waals surface area contributed by atoms with Crippen molar-refractivity contribution in [2.45, 2.75) is 52.6 Å². The van der Waals surface area contributed by atoms with Gasteiger partial charge < -0.3 is 19.9 Å². The number of ether oxygens (including phenoxy) is 2. The first-order valence-electron chi connectivity index (χ1n) is 7.65. The summed E-state index contributed by atoms with van der Waals surface area (Å²) in [5, 5.41) is 13.4. The van der Waals surface area contributed by atoms with Gasteiger partial charge in [-0.1, -0.05) is 26.7 Å². The van der Waals surface area contributed by atoms with Crippen LogP contribution in [-0.2, 0) is 6.54 Å². The summed E-state index contributed by atoms with van der Waals surface area (Å²) in [7, 11) is 3.08. The van der Waals surface area contributed by atoms with Gasteiger partial charge >= 0.3 is 0 Å². The molecule has 0 heterocycles. The smallest absolute Gasteiger partial charge is 0.200 e. The number of methoxy groups -OCH3 is 2. The van der Waals surface area contributed by atoms with Crippen LogP contribution in [0.1, 0.15) is 45.6 Å². The molecule has 0 saturated heterocycles. The quantitative estimate of drug-likeness (QED) is 0.729. The minimum absolute atomic E-state index is 0.0498. The molecule has 0 bridgehead atoms. The number of phenols is 1. The number of benzene rings is 1. The van der Waals surface area contributed by atoms with Crippen LogP contribution in [0.15, 0.2) is 12.1 Å². The zero-order valence-electron chi connectivity index (χ0n) is 13.9. The molecule has 0 aliphatic heterocycles. The summed E-state index contributed by atoms with van der Waals surface area (Å²) in [6.45, 7) is 7.45. The molecule has 120 valence electrons. The molecular weight excluding hydrogens is 266 g/mol. The van der Waals surface area contributed by atoms with E-state index in [9.17, 15) is 5.11 Å². The molecule has 4 heteroatoms. The van der Waals surface area contributed by atoms with Crippen LogP contribution in [0.25, 0.3) is 0 Å². The van der Waals surface area contributed by atoms with Crippen molar-refractivity contribution in [1.82, 2.24) is 5.32 Å². The van der Waals surface area contributed by atoms with Crippen LogP contribution in [0.3, 0.4) is 0 Å². The largest absolute Gasteiger partial charge is 0.502 e. The van der Waals surface area contributed by atoms with Crippen LogP contribution >= 0.6 is 0 Å². The van der Waals surface area contributed by atoms with E-state index in [1.54, 1.807) is 14.2 Å². The van der Waals surface area contributed by atoms with E-state index in [0.717, 1.165) is 18.0 Å². The molecular formula is C17H29NO3. The summed E-state index contributed by atoms with van der Waals surface area (Å²) in [6, 6.07) is 4.15. The minimum Gasteiger partial charge on any atom is -0.502 e. The second-order valence-electron chi connectivity index (χ2n) is 5.96. The SMILES string of the molecule is COc1cc(CNC(C)CCCC(C)C)cc(OC)c1O. The molecule has 2 N–H and O–H groups in total. The maximum atomic E-state index is 9.89. The molecule has 0 aliphatic carbocycles. The number of hydrogen-bond donors (Lipinski definition) is 2. The summed E-state index contributed by atoms with van der Waals surface area (Å²) < 4.78 is 10.3. The first kappa shape index (κ1) is 17.6. The molecule has 1 aromatic carbocycles. The third-order valence-corrected chi connectivity index (χ3v) is 3.61. The van der Waals surface area contributed by atoms with Gasteiger partial charge in [-0.25, -0.2) is 0 Å². The van der Waals surface area contributed by atoms with Crippen LogP contribution < -0.4 is 14.8 Å². The third-order valence-electron chi connectivity index (χ3n) is 3.61. The molecule has 0 aliphatic rings. The maximum absolute atomic E-state index is 9.89. The minimum atomic E-state index is 0.0498. The van der Waals surface area contributed by atoms with Crippen molar-refractivity contribution < 1.29 is 14.6 Å². The van der Waals surface area contributed by atoms with E-state index in [-0.39, 0.29) is 5.75 Å². The summed E-state index contributed by atoms with van der Waals surface area (Å²) in [6.07, 6.45) is 3.69. The predicted molar refractivity (Wildman–Crippen MR) is 86.2 cm³/mol. The van der Waals surface area contributed by atoms with Gasteiger partial charge in [-0.2, -0.15) is 0 Å². The van der Waals surface area contributed by atoms with E-state index in [2.05, 4.69) is 26.1 Å². The zero-order valence-corrected chi connectivity index (χ0v) is 13.9. The fourth-order valence-electron chi connectivity index (χ4n) is 2.28. The highest BCUT2D eigenvalue weighted by Crippen LogP contribution is 2.37. The van der Waals surface area contributed by atoms with Gasteiger partial charge in [0.1, 0.15) is 0 Å². The molecule has 4 nitrogen and oxygen atoms in total. The molecule has 0 radical (unpaired) electrons. The van der Waals surface area contributed by atoms with Gasteiger partial charge in [0.2, 0.25) is 5.75 Å². The van der Waals surface area contributed by atoms with Crippen molar-refractivity contribution in [3.8, 4) is 17.2 Å². The number of rotatable bonds is 9.